The molecular weight excluding hydrogens is 234 g/mol. The Bertz CT molecular complexity index is 319. The molecule has 5 heteroatoms. The minimum atomic E-state index is -0.514. The molecule has 1 rings (SSSR count). The highest BCUT2D eigenvalue weighted by atomic mass is 16.6. The molecule has 0 spiro atoms. The van der Waals surface area contributed by atoms with Crippen LogP contribution in [-0.2, 0) is 9.47 Å². The molecule has 0 radical (unpaired) electrons. The van der Waals surface area contributed by atoms with Crippen molar-refractivity contribution in [1.29, 1.82) is 0 Å². The van der Waals surface area contributed by atoms with Gasteiger partial charge in [-0.2, -0.15) is 0 Å². The standard InChI is InChI=1S/C13H23NO4/c1-13(2,3)18-12(16)14-6-5-10(9-17-4)7-11(14)8-15/h9,11,15H,5-8H2,1-4H3/b10-9-. The molecule has 1 aliphatic heterocycles. The third-order valence-corrected chi connectivity index (χ3v) is 2.74. The molecule has 1 amide bonds. The second-order valence-corrected chi connectivity index (χ2v) is 5.48. The molecule has 0 aromatic heterocycles. The second-order valence-electron chi connectivity index (χ2n) is 5.48. The molecule has 1 saturated heterocycles. The molecule has 1 atom stereocenters. The maximum atomic E-state index is 12.0. The zero-order valence-electron chi connectivity index (χ0n) is 11.6. The Labute approximate surface area is 108 Å². The van der Waals surface area contributed by atoms with E-state index < -0.39 is 5.60 Å². The second kappa shape index (κ2) is 6.09. The van der Waals surface area contributed by atoms with E-state index in [2.05, 4.69) is 0 Å². The van der Waals surface area contributed by atoms with Crippen molar-refractivity contribution < 1.29 is 19.4 Å². The number of carbonyl (C=O) groups is 1. The highest BCUT2D eigenvalue weighted by Crippen LogP contribution is 2.24. The number of amides is 1. The van der Waals surface area contributed by atoms with E-state index in [0.29, 0.717) is 13.0 Å². The average molecular weight is 257 g/mol. The van der Waals surface area contributed by atoms with Gasteiger partial charge in [-0.15, -0.1) is 0 Å². The van der Waals surface area contributed by atoms with Crippen LogP contribution in [0.2, 0.25) is 0 Å². The summed E-state index contributed by atoms with van der Waals surface area (Å²) in [6, 6.07) is -0.227. The van der Waals surface area contributed by atoms with Gasteiger partial charge >= 0.3 is 6.09 Å². The Hall–Kier alpha value is -1.23. The number of hydrogen-bond acceptors (Lipinski definition) is 4. The minimum Gasteiger partial charge on any atom is -0.504 e. The minimum absolute atomic E-state index is 0.0691. The lowest BCUT2D eigenvalue weighted by Crippen LogP contribution is -2.48. The van der Waals surface area contributed by atoms with Crippen LogP contribution in [0, 0.1) is 0 Å². The summed E-state index contributed by atoms with van der Waals surface area (Å²) in [6.07, 6.45) is 2.71. The zero-order valence-corrected chi connectivity index (χ0v) is 11.6. The number of likely N-dealkylation sites (tertiary alicyclic amines) is 1. The van der Waals surface area contributed by atoms with E-state index in [1.54, 1.807) is 18.3 Å². The number of aliphatic hydroxyl groups excluding tert-OH is 1. The summed E-state index contributed by atoms with van der Waals surface area (Å²) in [6.45, 7) is 5.98. The van der Waals surface area contributed by atoms with Crippen LogP contribution < -0.4 is 0 Å². The number of ether oxygens (including phenoxy) is 2. The van der Waals surface area contributed by atoms with Gasteiger partial charge in [0, 0.05) is 6.54 Å². The van der Waals surface area contributed by atoms with Gasteiger partial charge < -0.3 is 19.5 Å². The number of nitrogens with zero attached hydrogens (tertiary/aromatic N) is 1. The number of methoxy groups -OCH3 is 1. The van der Waals surface area contributed by atoms with Crippen molar-refractivity contribution >= 4 is 6.09 Å². The number of piperidine rings is 1. The first kappa shape index (κ1) is 14.8. The van der Waals surface area contributed by atoms with Crippen LogP contribution in [0.1, 0.15) is 33.6 Å². The third-order valence-electron chi connectivity index (χ3n) is 2.74. The molecule has 104 valence electrons. The molecule has 1 unspecified atom stereocenters. The lowest BCUT2D eigenvalue weighted by atomic mass is 9.98. The van der Waals surface area contributed by atoms with Crippen molar-refractivity contribution in [2.24, 2.45) is 0 Å². The molecule has 1 N–H and O–H groups in total. The Kier molecular flexibility index (Phi) is 5.02. The van der Waals surface area contributed by atoms with Crippen LogP contribution in [0.4, 0.5) is 4.79 Å². The monoisotopic (exact) mass is 257 g/mol. The van der Waals surface area contributed by atoms with Crippen molar-refractivity contribution in [1.82, 2.24) is 4.90 Å². The highest BCUT2D eigenvalue weighted by molar-refractivity contribution is 5.69. The Morgan fingerprint density at radius 1 is 1.56 bits per heavy atom. The molecule has 0 bridgehead atoms. The van der Waals surface area contributed by atoms with E-state index in [9.17, 15) is 9.90 Å². The fraction of sp³-hybridized carbons (Fsp3) is 0.769. The molecule has 1 heterocycles. The number of rotatable bonds is 2. The van der Waals surface area contributed by atoms with Crippen LogP contribution in [-0.4, -0.2) is 48.0 Å². The zero-order chi connectivity index (χ0) is 13.8. The third kappa shape index (κ3) is 4.22. The molecule has 0 aromatic carbocycles. The van der Waals surface area contributed by atoms with Crippen LogP contribution in [0.15, 0.2) is 11.8 Å². The van der Waals surface area contributed by atoms with Gasteiger partial charge in [0.1, 0.15) is 5.60 Å². The van der Waals surface area contributed by atoms with Crippen LogP contribution in [0.25, 0.3) is 0 Å². The maximum absolute atomic E-state index is 12.0. The lowest BCUT2D eigenvalue weighted by Gasteiger charge is -2.36. The smallest absolute Gasteiger partial charge is 0.410 e. The molecule has 1 aliphatic rings. The fourth-order valence-corrected chi connectivity index (χ4v) is 1.96. The van der Waals surface area contributed by atoms with Crippen LogP contribution in [0.5, 0.6) is 0 Å². The van der Waals surface area contributed by atoms with Crippen molar-refractivity contribution in [2.45, 2.75) is 45.3 Å². The van der Waals surface area contributed by atoms with E-state index in [4.69, 9.17) is 9.47 Å². The SMILES string of the molecule is CO/C=C1/CCN(C(=O)OC(C)(C)C)C(CO)C1. The fourth-order valence-electron chi connectivity index (χ4n) is 1.96. The summed E-state index contributed by atoms with van der Waals surface area (Å²) >= 11 is 0. The van der Waals surface area contributed by atoms with Gasteiger partial charge in [0.25, 0.3) is 0 Å². The maximum Gasteiger partial charge on any atom is 0.410 e. The number of aliphatic hydroxyl groups is 1. The van der Waals surface area contributed by atoms with Crippen molar-refractivity contribution in [2.75, 3.05) is 20.3 Å². The first-order valence-electron chi connectivity index (χ1n) is 6.18. The number of hydrogen-bond donors (Lipinski definition) is 1. The summed E-state index contributed by atoms with van der Waals surface area (Å²) < 4.78 is 10.3. The lowest BCUT2D eigenvalue weighted by molar-refractivity contribution is 0.00577. The van der Waals surface area contributed by atoms with Crippen LogP contribution >= 0.6 is 0 Å². The van der Waals surface area contributed by atoms with Gasteiger partial charge in [-0.3, -0.25) is 0 Å². The van der Waals surface area contributed by atoms with Gasteiger partial charge in [0.05, 0.1) is 26.0 Å². The average Bonchev–Trinajstić information content (AvgIpc) is 2.27. The van der Waals surface area contributed by atoms with Crippen LogP contribution in [0.3, 0.4) is 0 Å². The largest absolute Gasteiger partial charge is 0.504 e. The summed E-state index contributed by atoms with van der Waals surface area (Å²) in [4.78, 5) is 13.6. The summed E-state index contributed by atoms with van der Waals surface area (Å²) in [5.74, 6) is 0. The van der Waals surface area contributed by atoms with E-state index in [1.165, 1.54) is 0 Å². The molecule has 0 saturated carbocycles. The molecule has 5 nitrogen and oxygen atoms in total. The molecule has 1 fully saturated rings. The van der Waals surface area contributed by atoms with Gasteiger partial charge in [-0.25, -0.2) is 4.79 Å². The van der Waals surface area contributed by atoms with Gasteiger partial charge in [0.15, 0.2) is 0 Å². The Morgan fingerprint density at radius 3 is 2.72 bits per heavy atom. The summed E-state index contributed by atoms with van der Waals surface area (Å²) in [5.41, 5.74) is 0.594. The van der Waals surface area contributed by atoms with Crippen molar-refractivity contribution in [3.8, 4) is 0 Å². The van der Waals surface area contributed by atoms with Crippen molar-refractivity contribution in [3.05, 3.63) is 11.8 Å². The molecule has 18 heavy (non-hydrogen) atoms. The quantitative estimate of drug-likeness (QED) is 0.768. The van der Waals surface area contributed by atoms with Gasteiger partial charge in [-0.05, 0) is 39.2 Å². The Morgan fingerprint density at radius 2 is 2.22 bits per heavy atom. The first-order valence-corrected chi connectivity index (χ1v) is 6.18. The molecular formula is C13H23NO4. The van der Waals surface area contributed by atoms with E-state index in [-0.39, 0.29) is 18.7 Å². The predicted molar refractivity (Wildman–Crippen MR) is 68.1 cm³/mol. The van der Waals surface area contributed by atoms with E-state index in [0.717, 1.165) is 12.0 Å². The number of carbonyl (C=O) groups excluding carboxylic acids is 1. The first-order chi connectivity index (χ1) is 8.37. The normalized spacial score (nSPS) is 23.1. The van der Waals surface area contributed by atoms with Crippen molar-refractivity contribution in [3.63, 3.8) is 0 Å². The molecule has 0 aliphatic carbocycles. The topological polar surface area (TPSA) is 59.0 Å². The highest BCUT2D eigenvalue weighted by Gasteiger charge is 2.31. The van der Waals surface area contributed by atoms with E-state index in [1.807, 2.05) is 20.8 Å². The van der Waals surface area contributed by atoms with E-state index >= 15 is 0 Å². The summed E-state index contributed by atoms with van der Waals surface area (Å²) in [7, 11) is 1.60. The molecule has 0 aromatic rings. The Balaban J connectivity index is 2.67. The summed E-state index contributed by atoms with van der Waals surface area (Å²) in [5, 5.41) is 9.38. The predicted octanol–water partition coefficient (Wildman–Crippen LogP) is 1.91. The van der Waals surface area contributed by atoms with Gasteiger partial charge in [-0.1, -0.05) is 0 Å². The van der Waals surface area contributed by atoms with Gasteiger partial charge in [0.2, 0.25) is 0 Å².